The minimum atomic E-state index is -0.0907. The molecule has 0 atom stereocenters. The lowest BCUT2D eigenvalue weighted by atomic mass is 9.95. The van der Waals surface area contributed by atoms with E-state index in [1.54, 1.807) is 0 Å². The van der Waals surface area contributed by atoms with Crippen molar-refractivity contribution in [2.24, 2.45) is 0 Å². The summed E-state index contributed by atoms with van der Waals surface area (Å²) < 4.78 is 0. The first-order valence-corrected chi connectivity index (χ1v) is 8.41. The fourth-order valence-corrected chi connectivity index (χ4v) is 2.24. The van der Waals surface area contributed by atoms with E-state index in [4.69, 9.17) is 11.6 Å². The van der Waals surface area contributed by atoms with Gasteiger partial charge in [0.2, 0.25) is 0 Å². The van der Waals surface area contributed by atoms with Crippen molar-refractivity contribution in [2.75, 3.05) is 23.9 Å². The number of nitrogens with zero attached hydrogens (tertiary/aromatic N) is 2. The van der Waals surface area contributed by atoms with Crippen LogP contribution in [0.5, 0.6) is 0 Å². The van der Waals surface area contributed by atoms with Crippen molar-refractivity contribution in [2.45, 2.75) is 46.0 Å². The summed E-state index contributed by atoms with van der Waals surface area (Å²) in [5, 5.41) is 3.93. The van der Waals surface area contributed by atoms with Crippen molar-refractivity contribution < 1.29 is 0 Å². The second-order valence-corrected chi connectivity index (χ2v) is 7.03. The van der Waals surface area contributed by atoms with Gasteiger partial charge < -0.3 is 5.32 Å². The van der Waals surface area contributed by atoms with Crippen LogP contribution < -0.4 is 5.32 Å². The zero-order valence-corrected chi connectivity index (χ0v) is 14.1. The SMILES string of the molecule is CSCCCCNc1nc(C(C)(C)C)nc(Cl)c1C. The summed E-state index contributed by atoms with van der Waals surface area (Å²) in [6.45, 7) is 9.17. The van der Waals surface area contributed by atoms with Crippen LogP contribution in [0.3, 0.4) is 0 Å². The zero-order chi connectivity index (χ0) is 14.5. The summed E-state index contributed by atoms with van der Waals surface area (Å²) in [7, 11) is 0. The molecule has 0 aromatic carbocycles. The Hall–Kier alpha value is -0.480. The molecule has 0 unspecified atom stereocenters. The highest BCUT2D eigenvalue weighted by molar-refractivity contribution is 7.98. The van der Waals surface area contributed by atoms with Gasteiger partial charge in [0.15, 0.2) is 0 Å². The van der Waals surface area contributed by atoms with Gasteiger partial charge in [-0.25, -0.2) is 9.97 Å². The van der Waals surface area contributed by atoms with Crippen LogP contribution in [0.25, 0.3) is 0 Å². The molecule has 0 saturated carbocycles. The van der Waals surface area contributed by atoms with E-state index in [1.165, 1.54) is 12.2 Å². The van der Waals surface area contributed by atoms with E-state index in [2.05, 4.69) is 42.3 Å². The highest BCUT2D eigenvalue weighted by Gasteiger charge is 2.20. The Bertz CT molecular complexity index is 416. The minimum absolute atomic E-state index is 0.0907. The van der Waals surface area contributed by atoms with Gasteiger partial charge in [0.25, 0.3) is 0 Å². The zero-order valence-electron chi connectivity index (χ0n) is 12.5. The molecule has 19 heavy (non-hydrogen) atoms. The molecule has 1 aromatic heterocycles. The minimum Gasteiger partial charge on any atom is -0.370 e. The number of rotatable bonds is 6. The second kappa shape index (κ2) is 7.34. The lowest BCUT2D eigenvalue weighted by Crippen LogP contribution is -2.18. The maximum Gasteiger partial charge on any atom is 0.137 e. The quantitative estimate of drug-likeness (QED) is 0.628. The van der Waals surface area contributed by atoms with Crippen LogP contribution in [0.1, 0.15) is 45.0 Å². The first-order valence-electron chi connectivity index (χ1n) is 6.63. The van der Waals surface area contributed by atoms with Gasteiger partial charge in [-0.1, -0.05) is 32.4 Å². The number of halogens is 1. The van der Waals surface area contributed by atoms with Crippen molar-refractivity contribution in [3.8, 4) is 0 Å². The monoisotopic (exact) mass is 301 g/mol. The Morgan fingerprint density at radius 2 is 1.89 bits per heavy atom. The summed E-state index contributed by atoms with van der Waals surface area (Å²) in [6.07, 6.45) is 4.50. The number of unbranched alkanes of at least 4 members (excludes halogenated alkanes) is 1. The molecule has 0 bridgehead atoms. The topological polar surface area (TPSA) is 37.8 Å². The molecule has 0 aliphatic rings. The molecule has 0 radical (unpaired) electrons. The molecule has 0 fully saturated rings. The van der Waals surface area contributed by atoms with Gasteiger partial charge in [0, 0.05) is 17.5 Å². The molecule has 1 heterocycles. The first-order chi connectivity index (χ1) is 8.86. The molecule has 0 amide bonds. The molecule has 5 heteroatoms. The summed E-state index contributed by atoms with van der Waals surface area (Å²) >= 11 is 8.08. The number of aromatic nitrogens is 2. The smallest absolute Gasteiger partial charge is 0.137 e. The summed E-state index contributed by atoms with van der Waals surface area (Å²) in [5.74, 6) is 2.86. The van der Waals surface area contributed by atoms with E-state index in [1.807, 2.05) is 18.7 Å². The summed E-state index contributed by atoms with van der Waals surface area (Å²) in [6, 6.07) is 0. The van der Waals surface area contributed by atoms with Crippen molar-refractivity contribution in [3.63, 3.8) is 0 Å². The third kappa shape index (κ3) is 5.19. The van der Waals surface area contributed by atoms with Gasteiger partial charge in [-0.15, -0.1) is 0 Å². The van der Waals surface area contributed by atoms with E-state index in [-0.39, 0.29) is 5.41 Å². The van der Waals surface area contributed by atoms with Gasteiger partial charge >= 0.3 is 0 Å². The first kappa shape index (κ1) is 16.6. The van der Waals surface area contributed by atoms with E-state index in [0.29, 0.717) is 5.15 Å². The maximum atomic E-state index is 6.19. The van der Waals surface area contributed by atoms with Gasteiger partial charge in [0.05, 0.1) is 0 Å². The average molecular weight is 302 g/mol. The molecule has 1 rings (SSSR count). The van der Waals surface area contributed by atoms with Crippen LogP contribution in [0.4, 0.5) is 5.82 Å². The van der Waals surface area contributed by atoms with Crippen molar-refractivity contribution >= 4 is 29.2 Å². The lowest BCUT2D eigenvalue weighted by Gasteiger charge is -2.19. The van der Waals surface area contributed by atoms with Crippen LogP contribution in [0.2, 0.25) is 5.15 Å². The molecular weight excluding hydrogens is 278 g/mol. The van der Waals surface area contributed by atoms with E-state index in [0.717, 1.165) is 30.2 Å². The van der Waals surface area contributed by atoms with E-state index in [9.17, 15) is 0 Å². The highest BCUT2D eigenvalue weighted by atomic mass is 35.5. The van der Waals surface area contributed by atoms with Crippen molar-refractivity contribution in [1.29, 1.82) is 0 Å². The number of anilines is 1. The van der Waals surface area contributed by atoms with Crippen LogP contribution >= 0.6 is 23.4 Å². The maximum absolute atomic E-state index is 6.19. The molecule has 0 aliphatic carbocycles. The largest absolute Gasteiger partial charge is 0.370 e. The molecule has 0 aliphatic heterocycles. The molecule has 1 aromatic rings. The molecule has 108 valence electrons. The Balaban J connectivity index is 2.74. The molecule has 0 spiro atoms. The van der Waals surface area contributed by atoms with Crippen LogP contribution in [-0.4, -0.2) is 28.5 Å². The highest BCUT2D eigenvalue weighted by Crippen LogP contribution is 2.26. The van der Waals surface area contributed by atoms with Gasteiger partial charge in [0.1, 0.15) is 16.8 Å². The van der Waals surface area contributed by atoms with Crippen LogP contribution in [0.15, 0.2) is 0 Å². The standard InChI is InChI=1S/C14H24ClN3S/c1-10-11(15)17-13(14(2,3)4)18-12(10)16-8-6-7-9-19-5/h6-9H2,1-5H3,(H,16,17,18). The lowest BCUT2D eigenvalue weighted by molar-refractivity contribution is 0.545. The molecule has 3 nitrogen and oxygen atoms in total. The Labute approximate surface area is 125 Å². The Morgan fingerprint density at radius 1 is 1.21 bits per heavy atom. The predicted octanol–water partition coefficient (Wildman–Crippen LogP) is 4.29. The van der Waals surface area contributed by atoms with Gasteiger partial charge in [-0.3, -0.25) is 0 Å². The number of nitrogens with one attached hydrogen (secondary N) is 1. The summed E-state index contributed by atoms with van der Waals surface area (Å²) in [4.78, 5) is 8.98. The fraction of sp³-hybridized carbons (Fsp3) is 0.714. The molecule has 1 N–H and O–H groups in total. The number of hydrogen-bond acceptors (Lipinski definition) is 4. The number of thioether (sulfide) groups is 1. The predicted molar refractivity (Wildman–Crippen MR) is 86.6 cm³/mol. The third-order valence-corrected chi connectivity index (χ3v) is 3.89. The Kier molecular flexibility index (Phi) is 6.40. The summed E-state index contributed by atoms with van der Waals surface area (Å²) in [5.41, 5.74) is 0.839. The Morgan fingerprint density at radius 3 is 2.47 bits per heavy atom. The normalized spacial score (nSPS) is 11.7. The van der Waals surface area contributed by atoms with Crippen molar-refractivity contribution in [3.05, 3.63) is 16.5 Å². The van der Waals surface area contributed by atoms with Crippen molar-refractivity contribution in [1.82, 2.24) is 9.97 Å². The van der Waals surface area contributed by atoms with E-state index >= 15 is 0 Å². The van der Waals surface area contributed by atoms with Crippen LogP contribution in [-0.2, 0) is 5.41 Å². The average Bonchev–Trinajstić information content (AvgIpc) is 2.32. The van der Waals surface area contributed by atoms with Crippen LogP contribution in [0, 0.1) is 6.92 Å². The fourth-order valence-electron chi connectivity index (χ4n) is 1.57. The van der Waals surface area contributed by atoms with Gasteiger partial charge in [-0.2, -0.15) is 11.8 Å². The van der Waals surface area contributed by atoms with Gasteiger partial charge in [-0.05, 0) is 31.8 Å². The number of hydrogen-bond donors (Lipinski definition) is 1. The second-order valence-electron chi connectivity index (χ2n) is 5.69. The molecule has 0 saturated heterocycles. The van der Waals surface area contributed by atoms with E-state index < -0.39 is 0 Å². The molecular formula is C14H24ClN3S. The third-order valence-electron chi connectivity index (χ3n) is 2.82.